The van der Waals surface area contributed by atoms with Gasteiger partial charge in [0.1, 0.15) is 5.15 Å². The summed E-state index contributed by atoms with van der Waals surface area (Å²) >= 11 is 6.24. The van der Waals surface area contributed by atoms with Crippen LogP contribution in [0.3, 0.4) is 0 Å². The van der Waals surface area contributed by atoms with Crippen LogP contribution in [-0.4, -0.2) is 4.98 Å². The smallest absolute Gasteiger partial charge is 0.137 e. The van der Waals surface area contributed by atoms with Crippen LogP contribution in [0.25, 0.3) is 22.0 Å². The topological polar surface area (TPSA) is 38.9 Å². The van der Waals surface area contributed by atoms with Crippen molar-refractivity contribution >= 4 is 28.2 Å². The molecule has 0 spiro atoms. The summed E-state index contributed by atoms with van der Waals surface area (Å²) in [7, 11) is 0. The number of nitrogens with zero attached hydrogens (tertiary/aromatic N) is 1. The second kappa shape index (κ2) is 4.31. The van der Waals surface area contributed by atoms with E-state index in [9.17, 15) is 0 Å². The molecule has 0 saturated heterocycles. The second-order valence-corrected chi connectivity index (χ2v) is 4.50. The van der Waals surface area contributed by atoms with Gasteiger partial charge in [-0.2, -0.15) is 0 Å². The van der Waals surface area contributed by atoms with Crippen LogP contribution in [0.4, 0.5) is 5.69 Å². The summed E-state index contributed by atoms with van der Waals surface area (Å²) in [4.78, 5) is 4.41. The molecule has 3 heteroatoms. The SMILES string of the molecule is Nc1ccc(-c2cc3ccccc3nc2Cl)cc1. The molecule has 18 heavy (non-hydrogen) atoms. The summed E-state index contributed by atoms with van der Waals surface area (Å²) in [6, 6.07) is 17.6. The molecule has 2 N–H and O–H groups in total. The minimum atomic E-state index is 0.512. The van der Waals surface area contributed by atoms with E-state index in [0.29, 0.717) is 5.15 Å². The van der Waals surface area contributed by atoms with Gasteiger partial charge >= 0.3 is 0 Å². The number of fused-ring (bicyclic) bond motifs is 1. The zero-order chi connectivity index (χ0) is 12.5. The van der Waals surface area contributed by atoms with Gasteiger partial charge in [-0.15, -0.1) is 0 Å². The average molecular weight is 255 g/mol. The first-order chi connectivity index (χ1) is 8.74. The fourth-order valence-electron chi connectivity index (χ4n) is 1.96. The first-order valence-corrected chi connectivity index (χ1v) is 6.03. The van der Waals surface area contributed by atoms with E-state index < -0.39 is 0 Å². The average Bonchev–Trinajstić information content (AvgIpc) is 2.39. The Labute approximate surface area is 110 Å². The van der Waals surface area contributed by atoms with E-state index in [0.717, 1.165) is 27.7 Å². The summed E-state index contributed by atoms with van der Waals surface area (Å²) in [5.74, 6) is 0. The van der Waals surface area contributed by atoms with Crippen LogP contribution in [0.5, 0.6) is 0 Å². The maximum atomic E-state index is 6.24. The van der Waals surface area contributed by atoms with Gasteiger partial charge < -0.3 is 5.73 Å². The van der Waals surface area contributed by atoms with Crippen molar-refractivity contribution in [2.24, 2.45) is 0 Å². The number of halogens is 1. The predicted octanol–water partition coefficient (Wildman–Crippen LogP) is 4.14. The fourth-order valence-corrected chi connectivity index (χ4v) is 2.21. The standard InChI is InChI=1S/C15H11ClN2/c16-15-13(10-5-7-12(17)8-6-10)9-11-3-1-2-4-14(11)18-15/h1-9H,17H2. The molecule has 88 valence electrons. The number of aromatic nitrogens is 1. The highest BCUT2D eigenvalue weighted by atomic mass is 35.5. The van der Waals surface area contributed by atoms with Crippen molar-refractivity contribution in [2.75, 3.05) is 5.73 Å². The third-order valence-corrected chi connectivity index (χ3v) is 3.19. The zero-order valence-electron chi connectivity index (χ0n) is 9.60. The Hall–Kier alpha value is -2.06. The molecule has 0 aliphatic rings. The van der Waals surface area contributed by atoms with Gasteiger partial charge in [-0.1, -0.05) is 41.9 Å². The fraction of sp³-hybridized carbons (Fsp3) is 0. The summed E-state index contributed by atoms with van der Waals surface area (Å²) in [6.07, 6.45) is 0. The first-order valence-electron chi connectivity index (χ1n) is 5.65. The van der Waals surface area contributed by atoms with Crippen LogP contribution in [0.15, 0.2) is 54.6 Å². The maximum Gasteiger partial charge on any atom is 0.137 e. The molecule has 3 aromatic rings. The Kier molecular flexibility index (Phi) is 2.65. The number of pyridine rings is 1. The number of hydrogen-bond donors (Lipinski definition) is 1. The van der Waals surface area contributed by atoms with Gasteiger partial charge in [-0.25, -0.2) is 4.98 Å². The molecule has 1 aromatic heterocycles. The van der Waals surface area contributed by atoms with Gasteiger partial charge in [-0.05, 0) is 29.8 Å². The van der Waals surface area contributed by atoms with Crippen molar-refractivity contribution in [1.29, 1.82) is 0 Å². The number of nitrogen functional groups attached to an aromatic ring is 1. The molecule has 0 fully saturated rings. The van der Waals surface area contributed by atoms with Crippen molar-refractivity contribution < 1.29 is 0 Å². The second-order valence-electron chi connectivity index (χ2n) is 4.14. The molecule has 0 unspecified atom stereocenters. The lowest BCUT2D eigenvalue weighted by Gasteiger charge is -2.06. The third kappa shape index (κ3) is 1.91. The minimum Gasteiger partial charge on any atom is -0.399 e. The van der Waals surface area contributed by atoms with Crippen LogP contribution in [0, 0.1) is 0 Å². The number of anilines is 1. The van der Waals surface area contributed by atoms with Crippen molar-refractivity contribution in [1.82, 2.24) is 4.98 Å². The Bertz CT molecular complexity index is 705. The predicted molar refractivity (Wildman–Crippen MR) is 76.6 cm³/mol. The molecular weight excluding hydrogens is 244 g/mol. The van der Waals surface area contributed by atoms with E-state index >= 15 is 0 Å². The van der Waals surface area contributed by atoms with E-state index in [1.807, 2.05) is 48.5 Å². The summed E-state index contributed by atoms with van der Waals surface area (Å²) in [6.45, 7) is 0. The van der Waals surface area contributed by atoms with Gasteiger partial charge in [0.05, 0.1) is 5.52 Å². The highest BCUT2D eigenvalue weighted by molar-refractivity contribution is 6.32. The van der Waals surface area contributed by atoms with Crippen molar-refractivity contribution in [3.05, 3.63) is 59.8 Å². The summed E-state index contributed by atoms with van der Waals surface area (Å²) in [5, 5.41) is 1.59. The monoisotopic (exact) mass is 254 g/mol. The lowest BCUT2D eigenvalue weighted by molar-refractivity contribution is 1.41. The van der Waals surface area contributed by atoms with Crippen LogP contribution >= 0.6 is 11.6 Å². The van der Waals surface area contributed by atoms with Crippen LogP contribution < -0.4 is 5.73 Å². The van der Waals surface area contributed by atoms with E-state index in [1.165, 1.54) is 0 Å². The number of rotatable bonds is 1. The molecule has 0 atom stereocenters. The number of nitrogens with two attached hydrogens (primary N) is 1. The molecule has 0 amide bonds. The first kappa shape index (κ1) is 11.1. The highest BCUT2D eigenvalue weighted by Crippen LogP contribution is 2.30. The van der Waals surface area contributed by atoms with Crippen LogP contribution in [0.2, 0.25) is 5.15 Å². The summed E-state index contributed by atoms with van der Waals surface area (Å²) in [5.41, 5.74) is 9.28. The Balaban J connectivity index is 2.22. The van der Waals surface area contributed by atoms with E-state index in [2.05, 4.69) is 11.1 Å². The van der Waals surface area contributed by atoms with Gasteiger partial charge in [0, 0.05) is 16.6 Å². The molecule has 1 heterocycles. The Morgan fingerprint density at radius 2 is 1.67 bits per heavy atom. The molecule has 0 bridgehead atoms. The molecule has 2 aromatic carbocycles. The lowest BCUT2D eigenvalue weighted by Crippen LogP contribution is -1.87. The van der Waals surface area contributed by atoms with E-state index in [4.69, 9.17) is 17.3 Å². The third-order valence-electron chi connectivity index (χ3n) is 2.90. The van der Waals surface area contributed by atoms with Crippen LogP contribution in [-0.2, 0) is 0 Å². The number of para-hydroxylation sites is 1. The Morgan fingerprint density at radius 3 is 2.44 bits per heavy atom. The highest BCUT2D eigenvalue weighted by Gasteiger charge is 2.06. The van der Waals surface area contributed by atoms with Gasteiger partial charge in [0.2, 0.25) is 0 Å². The summed E-state index contributed by atoms with van der Waals surface area (Å²) < 4.78 is 0. The number of benzene rings is 2. The van der Waals surface area contributed by atoms with E-state index in [1.54, 1.807) is 0 Å². The molecule has 3 rings (SSSR count). The molecular formula is C15H11ClN2. The van der Waals surface area contributed by atoms with Gasteiger partial charge in [0.15, 0.2) is 0 Å². The van der Waals surface area contributed by atoms with Crippen molar-refractivity contribution in [3.63, 3.8) is 0 Å². The quantitative estimate of drug-likeness (QED) is 0.524. The number of hydrogen-bond acceptors (Lipinski definition) is 2. The molecule has 0 saturated carbocycles. The molecule has 2 nitrogen and oxygen atoms in total. The Morgan fingerprint density at radius 1 is 0.944 bits per heavy atom. The van der Waals surface area contributed by atoms with Gasteiger partial charge in [-0.3, -0.25) is 0 Å². The van der Waals surface area contributed by atoms with Crippen molar-refractivity contribution in [3.8, 4) is 11.1 Å². The molecule has 0 aliphatic carbocycles. The zero-order valence-corrected chi connectivity index (χ0v) is 10.4. The van der Waals surface area contributed by atoms with Crippen molar-refractivity contribution in [2.45, 2.75) is 0 Å². The lowest BCUT2D eigenvalue weighted by atomic mass is 10.1. The largest absolute Gasteiger partial charge is 0.399 e. The van der Waals surface area contributed by atoms with E-state index in [-0.39, 0.29) is 0 Å². The van der Waals surface area contributed by atoms with Gasteiger partial charge in [0.25, 0.3) is 0 Å². The molecule has 0 aliphatic heterocycles. The van der Waals surface area contributed by atoms with Crippen LogP contribution in [0.1, 0.15) is 0 Å². The minimum absolute atomic E-state index is 0.512. The molecule has 0 radical (unpaired) electrons. The normalized spacial score (nSPS) is 10.7. The maximum absolute atomic E-state index is 6.24.